The fraction of sp³-hybridized carbons (Fsp3) is 0.455. The van der Waals surface area contributed by atoms with E-state index >= 15 is 0 Å². The van der Waals surface area contributed by atoms with Crippen LogP contribution in [0.2, 0.25) is 0 Å². The summed E-state index contributed by atoms with van der Waals surface area (Å²) in [4.78, 5) is 19.6. The van der Waals surface area contributed by atoms with Crippen LogP contribution in [0, 0.1) is 0 Å². The minimum absolute atomic E-state index is 0.102. The highest BCUT2D eigenvalue weighted by Gasteiger charge is 2.28. The number of nitrogens with one attached hydrogen (secondary N) is 1. The van der Waals surface area contributed by atoms with Gasteiger partial charge in [0.25, 0.3) is 5.91 Å². The van der Waals surface area contributed by atoms with Crippen molar-refractivity contribution in [3.05, 3.63) is 53.7 Å². The molecule has 2 aromatic rings. The van der Waals surface area contributed by atoms with E-state index in [9.17, 15) is 9.90 Å². The van der Waals surface area contributed by atoms with E-state index in [1.54, 1.807) is 19.1 Å². The molecule has 1 aromatic carbocycles. The molecule has 1 atom stereocenters. The second-order valence-corrected chi connectivity index (χ2v) is 7.80. The molecule has 28 heavy (non-hydrogen) atoms. The molecule has 0 unspecified atom stereocenters. The second-order valence-electron chi connectivity index (χ2n) is 7.80. The van der Waals surface area contributed by atoms with Gasteiger partial charge >= 0.3 is 0 Å². The number of aliphatic hydroxyl groups is 1. The van der Waals surface area contributed by atoms with Crippen molar-refractivity contribution in [1.82, 2.24) is 15.2 Å². The van der Waals surface area contributed by atoms with Crippen molar-refractivity contribution >= 4 is 5.91 Å². The van der Waals surface area contributed by atoms with E-state index in [2.05, 4.69) is 29.0 Å². The standard InChI is InChI=1S/C22H29N3O3/c1-16(26)19-8-5-9-20(24-19)17-6-4-7-18(14-17)21(27)23-15-22(2,3)25-10-12-28-13-11-25/h4-9,14,16,26H,10-13,15H2,1-3H3,(H,23,27)/t16-/m0/s1. The molecule has 1 aliphatic rings. The fourth-order valence-corrected chi connectivity index (χ4v) is 3.34. The third-order valence-electron chi connectivity index (χ3n) is 5.17. The number of morpholine rings is 1. The summed E-state index contributed by atoms with van der Waals surface area (Å²) in [5, 5.41) is 12.8. The summed E-state index contributed by atoms with van der Waals surface area (Å²) >= 11 is 0. The smallest absolute Gasteiger partial charge is 0.251 e. The summed E-state index contributed by atoms with van der Waals surface area (Å²) in [5.74, 6) is -0.102. The lowest BCUT2D eigenvalue weighted by Crippen LogP contribution is -2.55. The number of amides is 1. The molecule has 6 heteroatoms. The molecule has 0 saturated carbocycles. The normalized spacial score (nSPS) is 16.6. The van der Waals surface area contributed by atoms with Gasteiger partial charge in [-0.3, -0.25) is 14.7 Å². The topological polar surface area (TPSA) is 74.7 Å². The molecule has 3 rings (SSSR count). The zero-order chi connectivity index (χ0) is 20.1. The second kappa shape index (κ2) is 8.82. The number of benzene rings is 1. The largest absolute Gasteiger partial charge is 0.387 e. The van der Waals surface area contributed by atoms with Crippen molar-refractivity contribution < 1.29 is 14.6 Å². The molecule has 0 radical (unpaired) electrons. The number of nitrogens with zero attached hydrogens (tertiary/aromatic N) is 2. The van der Waals surface area contributed by atoms with Crippen LogP contribution in [0.15, 0.2) is 42.5 Å². The molecule has 2 heterocycles. The molecule has 1 fully saturated rings. The average molecular weight is 383 g/mol. The first-order chi connectivity index (χ1) is 13.4. The van der Waals surface area contributed by atoms with Crippen LogP contribution in [0.4, 0.5) is 0 Å². The van der Waals surface area contributed by atoms with Crippen LogP contribution in [-0.4, -0.2) is 59.3 Å². The van der Waals surface area contributed by atoms with E-state index in [0.29, 0.717) is 17.8 Å². The monoisotopic (exact) mass is 383 g/mol. The van der Waals surface area contributed by atoms with Crippen LogP contribution in [0.5, 0.6) is 0 Å². The quantitative estimate of drug-likeness (QED) is 0.802. The highest BCUT2D eigenvalue weighted by Crippen LogP contribution is 2.21. The third kappa shape index (κ3) is 4.95. The zero-order valence-electron chi connectivity index (χ0n) is 16.8. The van der Waals surface area contributed by atoms with Crippen molar-refractivity contribution in [3.8, 4) is 11.3 Å². The summed E-state index contributed by atoms with van der Waals surface area (Å²) in [6.07, 6.45) is -0.631. The molecular formula is C22H29N3O3. The summed E-state index contributed by atoms with van der Waals surface area (Å²) in [6, 6.07) is 13.0. The minimum Gasteiger partial charge on any atom is -0.387 e. The van der Waals surface area contributed by atoms with E-state index in [-0.39, 0.29) is 11.4 Å². The van der Waals surface area contributed by atoms with E-state index < -0.39 is 6.10 Å². The Hall–Kier alpha value is -2.28. The summed E-state index contributed by atoms with van der Waals surface area (Å²) in [6.45, 7) is 9.75. The van der Waals surface area contributed by atoms with Gasteiger partial charge < -0.3 is 15.2 Å². The van der Waals surface area contributed by atoms with Crippen molar-refractivity contribution in [1.29, 1.82) is 0 Å². The number of hydrogen-bond donors (Lipinski definition) is 2. The van der Waals surface area contributed by atoms with Crippen LogP contribution < -0.4 is 5.32 Å². The minimum atomic E-state index is -0.631. The number of hydrogen-bond acceptors (Lipinski definition) is 5. The molecule has 0 aliphatic carbocycles. The van der Waals surface area contributed by atoms with Crippen LogP contribution in [0.3, 0.4) is 0 Å². The maximum Gasteiger partial charge on any atom is 0.251 e. The number of pyridine rings is 1. The highest BCUT2D eigenvalue weighted by molar-refractivity contribution is 5.95. The lowest BCUT2D eigenvalue weighted by atomic mass is 10.0. The van der Waals surface area contributed by atoms with Crippen LogP contribution >= 0.6 is 0 Å². The Bertz CT molecular complexity index is 814. The molecule has 0 spiro atoms. The number of carbonyl (C=O) groups excluding carboxylic acids is 1. The van der Waals surface area contributed by atoms with E-state index in [4.69, 9.17) is 4.74 Å². The number of rotatable bonds is 6. The molecule has 6 nitrogen and oxygen atoms in total. The fourth-order valence-electron chi connectivity index (χ4n) is 3.34. The van der Waals surface area contributed by atoms with Crippen molar-refractivity contribution in [2.24, 2.45) is 0 Å². The number of aromatic nitrogens is 1. The maximum atomic E-state index is 12.7. The Balaban J connectivity index is 1.69. The van der Waals surface area contributed by atoms with Gasteiger partial charge in [-0.25, -0.2) is 0 Å². The van der Waals surface area contributed by atoms with Gasteiger partial charge in [0.2, 0.25) is 0 Å². The Morgan fingerprint density at radius 1 is 1.25 bits per heavy atom. The Labute approximate surface area is 166 Å². The van der Waals surface area contributed by atoms with Gasteiger partial charge in [0.05, 0.1) is 30.7 Å². The van der Waals surface area contributed by atoms with Gasteiger partial charge in [0.1, 0.15) is 0 Å². The zero-order valence-corrected chi connectivity index (χ0v) is 16.8. The van der Waals surface area contributed by atoms with Gasteiger partial charge in [-0.2, -0.15) is 0 Å². The first-order valence-electron chi connectivity index (χ1n) is 9.73. The predicted octanol–water partition coefficient (Wildman–Crippen LogP) is 2.64. The molecular weight excluding hydrogens is 354 g/mol. The molecule has 1 aliphatic heterocycles. The molecule has 1 saturated heterocycles. The van der Waals surface area contributed by atoms with Crippen molar-refractivity contribution in [2.45, 2.75) is 32.4 Å². The van der Waals surface area contributed by atoms with Gasteiger partial charge in [-0.1, -0.05) is 18.2 Å². The van der Waals surface area contributed by atoms with Crippen LogP contribution in [0.25, 0.3) is 11.3 Å². The first-order valence-corrected chi connectivity index (χ1v) is 9.73. The van der Waals surface area contributed by atoms with Crippen LogP contribution in [-0.2, 0) is 4.74 Å². The summed E-state index contributed by atoms with van der Waals surface area (Å²) < 4.78 is 5.42. The number of aliphatic hydroxyl groups excluding tert-OH is 1. The summed E-state index contributed by atoms with van der Waals surface area (Å²) in [7, 11) is 0. The molecule has 1 aromatic heterocycles. The molecule has 2 N–H and O–H groups in total. The van der Waals surface area contributed by atoms with Gasteiger partial charge in [-0.15, -0.1) is 0 Å². The Morgan fingerprint density at radius 3 is 2.68 bits per heavy atom. The predicted molar refractivity (Wildman–Crippen MR) is 109 cm³/mol. The third-order valence-corrected chi connectivity index (χ3v) is 5.17. The van der Waals surface area contributed by atoms with Crippen LogP contribution in [0.1, 0.15) is 42.9 Å². The Morgan fingerprint density at radius 2 is 1.96 bits per heavy atom. The summed E-state index contributed by atoms with van der Waals surface area (Å²) in [5.41, 5.74) is 2.66. The van der Waals surface area contributed by atoms with Gasteiger partial charge in [0, 0.05) is 36.3 Å². The van der Waals surface area contributed by atoms with Crippen molar-refractivity contribution in [3.63, 3.8) is 0 Å². The first kappa shape index (κ1) is 20.5. The molecule has 0 bridgehead atoms. The Kier molecular flexibility index (Phi) is 6.44. The SMILES string of the molecule is C[C@H](O)c1cccc(-c2cccc(C(=O)NCC(C)(C)N3CCOCC3)c2)n1. The highest BCUT2D eigenvalue weighted by atomic mass is 16.5. The van der Waals surface area contributed by atoms with E-state index in [1.807, 2.05) is 30.3 Å². The van der Waals surface area contributed by atoms with Gasteiger partial charge in [-0.05, 0) is 45.0 Å². The lowest BCUT2D eigenvalue weighted by molar-refractivity contribution is -0.00923. The average Bonchev–Trinajstić information content (AvgIpc) is 2.73. The number of carbonyl (C=O) groups is 1. The number of ether oxygens (including phenoxy) is 1. The molecule has 1 amide bonds. The maximum absolute atomic E-state index is 12.7. The van der Waals surface area contributed by atoms with Gasteiger partial charge in [0.15, 0.2) is 0 Å². The van der Waals surface area contributed by atoms with Crippen molar-refractivity contribution in [2.75, 3.05) is 32.8 Å². The lowest BCUT2D eigenvalue weighted by Gasteiger charge is -2.40. The van der Waals surface area contributed by atoms with E-state index in [0.717, 1.165) is 37.6 Å². The molecule has 150 valence electrons. The van der Waals surface area contributed by atoms with E-state index in [1.165, 1.54) is 0 Å².